The number of carbonyl (C=O) groups is 1. The molecule has 1 aromatic carbocycles. The van der Waals surface area contributed by atoms with E-state index >= 15 is 0 Å². The molecule has 2 saturated carbocycles. The van der Waals surface area contributed by atoms with Gasteiger partial charge in [0.2, 0.25) is 0 Å². The van der Waals surface area contributed by atoms with Gasteiger partial charge in [0.05, 0.1) is 6.61 Å². The molecule has 7 nitrogen and oxygen atoms in total. The zero-order valence-electron chi connectivity index (χ0n) is 17.6. The molecule has 0 saturated heterocycles. The van der Waals surface area contributed by atoms with Crippen LogP contribution in [0.2, 0.25) is 0 Å². The predicted molar refractivity (Wildman–Crippen MR) is 108 cm³/mol. The fourth-order valence-electron chi connectivity index (χ4n) is 6.30. The largest absolute Gasteiger partial charge is 0.508 e. The standard InChI is InChI=1S/C23H30O7/c1-12-4-15(26)6-17(27)19(12)20(28)30-18-9-22(3)16-8-21(2,11-25)7-13(16)5-14(10-24)23(18,22)29/h4-6,13,16,18,24-27,29H,7-11H2,1-3H3/t13-,16?,18-,21+,22-,23+/m1/s1. The van der Waals surface area contributed by atoms with Gasteiger partial charge in [0.1, 0.15) is 28.8 Å². The molecule has 0 heterocycles. The van der Waals surface area contributed by atoms with Crippen LogP contribution in [0.5, 0.6) is 11.5 Å². The lowest BCUT2D eigenvalue weighted by Crippen LogP contribution is -2.73. The van der Waals surface area contributed by atoms with Gasteiger partial charge in [0, 0.05) is 18.1 Å². The number of esters is 1. The molecule has 2 fully saturated rings. The molecule has 1 unspecified atom stereocenters. The highest BCUT2D eigenvalue weighted by molar-refractivity contribution is 5.94. The monoisotopic (exact) mass is 418 g/mol. The van der Waals surface area contributed by atoms with Gasteiger partial charge in [-0.1, -0.05) is 19.9 Å². The highest BCUT2D eigenvalue weighted by atomic mass is 16.6. The van der Waals surface area contributed by atoms with E-state index in [-0.39, 0.29) is 47.5 Å². The Hall–Kier alpha value is -2.09. The van der Waals surface area contributed by atoms with Crippen molar-refractivity contribution in [3.63, 3.8) is 0 Å². The molecule has 164 valence electrons. The number of aliphatic hydroxyl groups excluding tert-OH is 2. The summed E-state index contributed by atoms with van der Waals surface area (Å²) in [4.78, 5) is 12.8. The third-order valence-electron chi connectivity index (χ3n) is 7.93. The number of ether oxygens (including phenoxy) is 1. The van der Waals surface area contributed by atoms with Crippen LogP contribution in [0, 0.1) is 29.6 Å². The van der Waals surface area contributed by atoms with Gasteiger partial charge in [0.25, 0.3) is 0 Å². The average molecular weight is 418 g/mol. The van der Waals surface area contributed by atoms with Crippen LogP contribution in [-0.4, -0.2) is 56.4 Å². The Morgan fingerprint density at radius 2 is 1.87 bits per heavy atom. The van der Waals surface area contributed by atoms with Crippen molar-refractivity contribution in [2.24, 2.45) is 22.7 Å². The quantitative estimate of drug-likeness (QED) is 0.374. The minimum absolute atomic E-state index is 0.0538. The molecule has 0 aliphatic heterocycles. The van der Waals surface area contributed by atoms with Crippen molar-refractivity contribution in [1.82, 2.24) is 0 Å². The molecule has 7 heteroatoms. The summed E-state index contributed by atoms with van der Waals surface area (Å²) in [6, 6.07) is 2.43. The maximum Gasteiger partial charge on any atom is 0.342 e. The lowest BCUT2D eigenvalue weighted by Gasteiger charge is -2.65. The molecule has 0 aromatic heterocycles. The molecule has 0 bridgehead atoms. The highest BCUT2D eigenvalue weighted by Gasteiger charge is 2.72. The fraction of sp³-hybridized carbons (Fsp3) is 0.609. The summed E-state index contributed by atoms with van der Waals surface area (Å²) in [6.07, 6.45) is 3.00. The van der Waals surface area contributed by atoms with Crippen LogP contribution in [-0.2, 0) is 4.74 Å². The van der Waals surface area contributed by atoms with Crippen molar-refractivity contribution in [2.45, 2.75) is 51.7 Å². The number of aryl methyl sites for hydroxylation is 1. The first kappa shape index (κ1) is 21.2. The van der Waals surface area contributed by atoms with Gasteiger partial charge >= 0.3 is 5.97 Å². The van der Waals surface area contributed by atoms with Crippen LogP contribution in [0.3, 0.4) is 0 Å². The minimum atomic E-state index is -1.50. The van der Waals surface area contributed by atoms with Gasteiger partial charge in [0.15, 0.2) is 0 Å². The lowest BCUT2D eigenvalue weighted by molar-refractivity contribution is -0.250. The minimum Gasteiger partial charge on any atom is -0.508 e. The molecule has 3 aliphatic carbocycles. The van der Waals surface area contributed by atoms with Crippen molar-refractivity contribution in [3.05, 3.63) is 34.9 Å². The molecule has 30 heavy (non-hydrogen) atoms. The van der Waals surface area contributed by atoms with E-state index in [2.05, 4.69) is 0 Å². The van der Waals surface area contributed by atoms with E-state index < -0.39 is 23.1 Å². The first-order chi connectivity index (χ1) is 14.0. The second-order valence-corrected chi connectivity index (χ2v) is 9.94. The molecule has 0 amide bonds. The zero-order valence-corrected chi connectivity index (χ0v) is 17.6. The van der Waals surface area contributed by atoms with E-state index in [0.29, 0.717) is 17.6 Å². The Kier molecular flexibility index (Phi) is 4.73. The predicted octanol–water partition coefficient (Wildman–Crippen LogP) is 2.03. The maximum absolute atomic E-state index is 12.8. The van der Waals surface area contributed by atoms with Crippen molar-refractivity contribution in [3.8, 4) is 11.5 Å². The Bertz CT molecular complexity index is 901. The van der Waals surface area contributed by atoms with E-state index in [1.807, 2.05) is 19.9 Å². The topological polar surface area (TPSA) is 127 Å². The van der Waals surface area contributed by atoms with Gasteiger partial charge in [-0.05, 0) is 60.6 Å². The summed E-state index contributed by atoms with van der Waals surface area (Å²) in [5.74, 6) is -1.07. The number of rotatable bonds is 4. The van der Waals surface area contributed by atoms with Gasteiger partial charge in [-0.2, -0.15) is 0 Å². The van der Waals surface area contributed by atoms with Gasteiger partial charge in [-0.25, -0.2) is 4.79 Å². The highest BCUT2D eigenvalue weighted by Crippen LogP contribution is 2.68. The average Bonchev–Trinajstić information content (AvgIpc) is 3.01. The summed E-state index contributed by atoms with van der Waals surface area (Å²) in [7, 11) is 0. The SMILES string of the molecule is Cc1cc(O)cc(O)c1C(=O)O[C@@H]1C[C@]2(C)C3C[C@@](C)(CO)C[C@H]3C=C(CO)[C@]12O. The molecule has 1 aromatic rings. The van der Waals surface area contributed by atoms with Crippen molar-refractivity contribution < 1.29 is 35.1 Å². The van der Waals surface area contributed by atoms with Crippen LogP contribution >= 0.6 is 0 Å². The summed E-state index contributed by atoms with van der Waals surface area (Å²) in [5.41, 5.74) is -1.57. The van der Waals surface area contributed by atoms with Crippen molar-refractivity contribution >= 4 is 5.97 Å². The number of phenols is 2. The van der Waals surface area contributed by atoms with Crippen LogP contribution in [0.25, 0.3) is 0 Å². The number of benzene rings is 1. The molecule has 4 rings (SSSR count). The van der Waals surface area contributed by atoms with Crippen LogP contribution < -0.4 is 0 Å². The van der Waals surface area contributed by atoms with Crippen molar-refractivity contribution in [2.75, 3.05) is 13.2 Å². The number of hydrogen-bond acceptors (Lipinski definition) is 7. The van der Waals surface area contributed by atoms with Gasteiger partial charge in [-0.3, -0.25) is 0 Å². The summed E-state index contributed by atoms with van der Waals surface area (Å²) in [5, 5.41) is 51.2. The number of allylic oxidation sites excluding steroid dienone is 1. The number of hydrogen-bond donors (Lipinski definition) is 5. The Morgan fingerprint density at radius 3 is 2.47 bits per heavy atom. The van der Waals surface area contributed by atoms with E-state index in [4.69, 9.17) is 4.74 Å². The number of phenolic OH excluding ortho intramolecular Hbond substituents is 2. The fourth-order valence-corrected chi connectivity index (χ4v) is 6.30. The number of carbonyl (C=O) groups excluding carboxylic acids is 1. The van der Waals surface area contributed by atoms with Crippen LogP contribution in [0.1, 0.15) is 49.0 Å². The first-order valence-corrected chi connectivity index (χ1v) is 10.4. The third kappa shape index (κ3) is 2.72. The lowest BCUT2D eigenvalue weighted by atomic mass is 9.44. The summed E-state index contributed by atoms with van der Waals surface area (Å²) in [6.45, 7) is 5.29. The molecule has 0 radical (unpaired) electrons. The Morgan fingerprint density at radius 1 is 1.17 bits per heavy atom. The van der Waals surface area contributed by atoms with E-state index in [0.717, 1.165) is 18.9 Å². The van der Waals surface area contributed by atoms with Crippen LogP contribution in [0.4, 0.5) is 0 Å². The van der Waals surface area contributed by atoms with Crippen molar-refractivity contribution in [1.29, 1.82) is 0 Å². The zero-order chi connectivity index (χ0) is 22.1. The molecule has 0 spiro atoms. The second kappa shape index (κ2) is 6.70. The second-order valence-electron chi connectivity index (χ2n) is 9.94. The van der Waals surface area contributed by atoms with Crippen LogP contribution in [0.15, 0.2) is 23.8 Å². The Balaban J connectivity index is 1.64. The van der Waals surface area contributed by atoms with E-state index in [9.17, 15) is 30.3 Å². The molecule has 6 atom stereocenters. The molecule has 5 N–H and O–H groups in total. The molecular formula is C23H30O7. The maximum atomic E-state index is 12.8. The third-order valence-corrected chi connectivity index (χ3v) is 7.93. The summed E-state index contributed by atoms with van der Waals surface area (Å²) >= 11 is 0. The number of aromatic hydroxyl groups is 2. The molecule has 3 aliphatic rings. The Labute approximate surface area is 175 Å². The number of aliphatic hydroxyl groups is 3. The van der Waals surface area contributed by atoms with E-state index in [1.54, 1.807) is 6.92 Å². The normalized spacial score (nSPS) is 39.5. The van der Waals surface area contributed by atoms with Gasteiger partial charge in [-0.15, -0.1) is 0 Å². The smallest absolute Gasteiger partial charge is 0.342 e. The number of fused-ring (bicyclic) bond motifs is 3. The summed E-state index contributed by atoms with van der Waals surface area (Å²) < 4.78 is 5.64. The van der Waals surface area contributed by atoms with Gasteiger partial charge < -0.3 is 30.3 Å². The van der Waals surface area contributed by atoms with E-state index in [1.165, 1.54) is 6.07 Å². The molecular weight excluding hydrogens is 388 g/mol. The first-order valence-electron chi connectivity index (χ1n) is 10.4.